The second-order valence-corrected chi connectivity index (χ2v) is 6.56. The van der Waals surface area contributed by atoms with E-state index < -0.39 is 0 Å². The Labute approximate surface area is 142 Å². The zero-order chi connectivity index (χ0) is 16.4. The number of urea groups is 1. The number of nitrogens with one attached hydrogen (secondary N) is 1. The number of piperazine rings is 1. The number of carbonyl (C=O) groups excluding carboxylic acids is 1. The predicted molar refractivity (Wildman–Crippen MR) is 91.7 cm³/mol. The van der Waals surface area contributed by atoms with Gasteiger partial charge in [0.05, 0.1) is 6.26 Å². The Hall–Kier alpha value is -2.27. The Bertz CT molecular complexity index is 659. The molecule has 0 bridgehead atoms. The van der Waals surface area contributed by atoms with Gasteiger partial charge in [-0.25, -0.2) is 4.79 Å². The molecule has 2 heterocycles. The third-order valence-electron chi connectivity index (χ3n) is 4.89. The molecule has 1 N–H and O–H groups in total. The Balaban J connectivity index is 1.43. The van der Waals surface area contributed by atoms with E-state index in [1.807, 2.05) is 47.4 Å². The summed E-state index contributed by atoms with van der Waals surface area (Å²) >= 11 is 0. The molecule has 0 spiro atoms. The number of hydrogen-bond acceptors (Lipinski definition) is 3. The van der Waals surface area contributed by atoms with Crippen molar-refractivity contribution >= 4 is 6.03 Å². The third kappa shape index (κ3) is 3.31. The number of rotatable bonds is 4. The monoisotopic (exact) mass is 325 g/mol. The lowest BCUT2D eigenvalue weighted by atomic mass is 10.0. The van der Waals surface area contributed by atoms with E-state index in [9.17, 15) is 4.79 Å². The molecule has 2 amide bonds. The number of benzene rings is 1. The fraction of sp³-hybridized carbons (Fsp3) is 0.421. The molecule has 1 aliphatic carbocycles. The molecule has 2 aromatic rings. The van der Waals surface area contributed by atoms with E-state index in [0.717, 1.165) is 43.5 Å². The first-order chi connectivity index (χ1) is 11.8. The van der Waals surface area contributed by atoms with Crippen LogP contribution in [0.2, 0.25) is 0 Å². The summed E-state index contributed by atoms with van der Waals surface area (Å²) in [6.45, 7) is 3.55. The van der Waals surface area contributed by atoms with Gasteiger partial charge >= 0.3 is 6.03 Å². The van der Waals surface area contributed by atoms with Crippen molar-refractivity contribution in [3.05, 3.63) is 60.1 Å². The van der Waals surface area contributed by atoms with Crippen LogP contribution in [0.1, 0.15) is 30.2 Å². The van der Waals surface area contributed by atoms with Crippen LogP contribution in [-0.4, -0.2) is 48.1 Å². The number of amides is 2. The van der Waals surface area contributed by atoms with Crippen LogP contribution in [0.3, 0.4) is 0 Å². The van der Waals surface area contributed by atoms with Gasteiger partial charge in [0, 0.05) is 32.2 Å². The summed E-state index contributed by atoms with van der Waals surface area (Å²) in [5, 5.41) is 3.14. The van der Waals surface area contributed by atoms with Gasteiger partial charge < -0.3 is 14.6 Å². The second kappa shape index (κ2) is 6.69. The zero-order valence-corrected chi connectivity index (χ0v) is 13.7. The summed E-state index contributed by atoms with van der Waals surface area (Å²) in [7, 11) is 0. The zero-order valence-electron chi connectivity index (χ0n) is 13.7. The van der Waals surface area contributed by atoms with Crippen molar-refractivity contribution in [2.24, 2.45) is 0 Å². The van der Waals surface area contributed by atoms with Gasteiger partial charge in [-0.05, 0) is 30.5 Å². The standard InChI is InChI=1S/C19H23N3O2/c23-19(22-12-10-21(11-13-22)16-8-9-16)20-18(17-7-4-14-24-17)15-5-2-1-3-6-15/h1-7,14,16,18H,8-13H2,(H,20,23)/t18-/m1/s1. The Morgan fingerprint density at radius 1 is 1.04 bits per heavy atom. The van der Waals surface area contributed by atoms with Crippen molar-refractivity contribution < 1.29 is 9.21 Å². The van der Waals surface area contributed by atoms with Gasteiger partial charge in [0.15, 0.2) is 0 Å². The van der Waals surface area contributed by atoms with Gasteiger partial charge in [-0.15, -0.1) is 0 Å². The van der Waals surface area contributed by atoms with E-state index in [4.69, 9.17) is 4.42 Å². The number of carbonyl (C=O) groups is 1. The Morgan fingerprint density at radius 2 is 1.79 bits per heavy atom. The minimum absolute atomic E-state index is 0.0179. The van der Waals surface area contributed by atoms with E-state index >= 15 is 0 Å². The highest BCUT2D eigenvalue weighted by Gasteiger charge is 2.32. The van der Waals surface area contributed by atoms with Crippen LogP contribution in [0.5, 0.6) is 0 Å². The lowest BCUT2D eigenvalue weighted by molar-refractivity contribution is 0.133. The highest BCUT2D eigenvalue weighted by molar-refractivity contribution is 5.75. The van der Waals surface area contributed by atoms with Crippen molar-refractivity contribution in [2.45, 2.75) is 24.9 Å². The van der Waals surface area contributed by atoms with Crippen molar-refractivity contribution in [1.29, 1.82) is 0 Å². The second-order valence-electron chi connectivity index (χ2n) is 6.56. The summed E-state index contributed by atoms with van der Waals surface area (Å²) in [4.78, 5) is 17.1. The molecule has 2 aliphatic rings. The first kappa shape index (κ1) is 15.3. The average Bonchev–Trinajstić information content (AvgIpc) is 3.35. The molecule has 1 aromatic carbocycles. The van der Waals surface area contributed by atoms with Crippen LogP contribution in [0.4, 0.5) is 4.79 Å². The van der Waals surface area contributed by atoms with Gasteiger partial charge in [-0.2, -0.15) is 0 Å². The van der Waals surface area contributed by atoms with Gasteiger partial charge in [0.2, 0.25) is 0 Å². The topological polar surface area (TPSA) is 48.7 Å². The molecule has 0 radical (unpaired) electrons. The van der Waals surface area contributed by atoms with Crippen LogP contribution < -0.4 is 5.32 Å². The molecule has 24 heavy (non-hydrogen) atoms. The van der Waals surface area contributed by atoms with Crippen LogP contribution in [0.15, 0.2) is 53.1 Å². The number of nitrogens with zero attached hydrogens (tertiary/aromatic N) is 2. The van der Waals surface area contributed by atoms with Gasteiger partial charge in [0.1, 0.15) is 11.8 Å². The summed E-state index contributed by atoms with van der Waals surface area (Å²) < 4.78 is 5.55. The molecular weight excluding hydrogens is 302 g/mol. The third-order valence-corrected chi connectivity index (χ3v) is 4.89. The van der Waals surface area contributed by atoms with Crippen LogP contribution in [0.25, 0.3) is 0 Å². The normalized spacial score (nSPS) is 19.9. The van der Waals surface area contributed by atoms with E-state index in [1.54, 1.807) is 6.26 Å². The smallest absolute Gasteiger partial charge is 0.318 e. The first-order valence-corrected chi connectivity index (χ1v) is 8.69. The minimum Gasteiger partial charge on any atom is -0.467 e. The van der Waals surface area contributed by atoms with E-state index in [2.05, 4.69) is 10.2 Å². The molecule has 5 nitrogen and oxygen atoms in total. The Morgan fingerprint density at radius 3 is 2.42 bits per heavy atom. The summed E-state index contributed by atoms with van der Waals surface area (Å²) in [5.41, 5.74) is 1.03. The molecule has 5 heteroatoms. The molecule has 1 aromatic heterocycles. The highest BCUT2D eigenvalue weighted by Crippen LogP contribution is 2.28. The Kier molecular flexibility index (Phi) is 4.26. The lowest BCUT2D eigenvalue weighted by Crippen LogP contribution is -2.52. The first-order valence-electron chi connectivity index (χ1n) is 8.69. The molecule has 1 saturated carbocycles. The molecule has 2 fully saturated rings. The van der Waals surface area contributed by atoms with Crippen LogP contribution in [0, 0.1) is 0 Å². The fourth-order valence-corrected chi connectivity index (χ4v) is 3.36. The average molecular weight is 325 g/mol. The van der Waals surface area contributed by atoms with Crippen LogP contribution >= 0.6 is 0 Å². The van der Waals surface area contributed by atoms with E-state index in [1.165, 1.54) is 12.8 Å². The van der Waals surface area contributed by atoms with Crippen molar-refractivity contribution in [3.63, 3.8) is 0 Å². The van der Waals surface area contributed by atoms with Gasteiger partial charge in [-0.3, -0.25) is 4.90 Å². The maximum Gasteiger partial charge on any atom is 0.318 e. The van der Waals surface area contributed by atoms with Crippen molar-refractivity contribution in [3.8, 4) is 0 Å². The van der Waals surface area contributed by atoms with Gasteiger partial charge in [0.25, 0.3) is 0 Å². The molecule has 0 unspecified atom stereocenters. The molecule has 4 rings (SSSR count). The quantitative estimate of drug-likeness (QED) is 0.940. The molecular formula is C19H23N3O2. The molecule has 1 saturated heterocycles. The number of hydrogen-bond donors (Lipinski definition) is 1. The van der Waals surface area contributed by atoms with Crippen molar-refractivity contribution in [1.82, 2.24) is 15.1 Å². The highest BCUT2D eigenvalue weighted by atomic mass is 16.3. The van der Waals surface area contributed by atoms with Crippen molar-refractivity contribution in [2.75, 3.05) is 26.2 Å². The van der Waals surface area contributed by atoms with E-state index in [-0.39, 0.29) is 12.1 Å². The summed E-state index contributed by atoms with van der Waals surface area (Å²) in [6.07, 6.45) is 4.29. The molecule has 126 valence electrons. The lowest BCUT2D eigenvalue weighted by Gasteiger charge is -2.35. The fourth-order valence-electron chi connectivity index (χ4n) is 3.36. The SMILES string of the molecule is O=C(N[C@H](c1ccccc1)c1ccco1)N1CCN(C2CC2)CC1. The van der Waals surface area contributed by atoms with Crippen LogP contribution in [-0.2, 0) is 0 Å². The van der Waals surface area contributed by atoms with Gasteiger partial charge in [-0.1, -0.05) is 30.3 Å². The summed E-state index contributed by atoms with van der Waals surface area (Å²) in [5.74, 6) is 0.756. The maximum atomic E-state index is 12.7. The molecule has 1 atom stereocenters. The number of furan rings is 1. The predicted octanol–water partition coefficient (Wildman–Crippen LogP) is 2.86. The molecule has 1 aliphatic heterocycles. The minimum atomic E-state index is -0.254. The largest absolute Gasteiger partial charge is 0.467 e. The van der Waals surface area contributed by atoms with E-state index in [0.29, 0.717) is 0 Å². The summed E-state index contributed by atoms with van der Waals surface area (Å²) in [6, 6.07) is 14.2. The maximum absolute atomic E-state index is 12.7.